The van der Waals surface area contributed by atoms with Gasteiger partial charge in [0.2, 0.25) is 5.89 Å². The van der Waals surface area contributed by atoms with Crippen molar-refractivity contribution in [3.8, 4) is 0 Å². The molecule has 0 aromatic carbocycles. The molecule has 2 unspecified atom stereocenters. The van der Waals surface area contributed by atoms with Crippen LogP contribution in [0.3, 0.4) is 0 Å². The van der Waals surface area contributed by atoms with E-state index in [1.165, 1.54) is 0 Å². The molecular weight excluding hydrogens is 247 g/mol. The van der Waals surface area contributed by atoms with Crippen LogP contribution in [0, 0.1) is 5.92 Å². The van der Waals surface area contributed by atoms with Crippen LogP contribution in [0.15, 0.2) is 4.52 Å². The Morgan fingerprint density at radius 2 is 1.89 bits per heavy atom. The molecule has 0 bridgehead atoms. The van der Waals surface area contributed by atoms with Crippen LogP contribution >= 0.6 is 0 Å². The van der Waals surface area contributed by atoms with E-state index in [1.54, 1.807) is 0 Å². The Kier molecular flexibility index (Phi) is 4.72. The smallest absolute Gasteiger partial charge is 0.339 e. The molecule has 0 aliphatic heterocycles. The quantitative estimate of drug-likeness (QED) is 0.888. The molecule has 2 N–H and O–H groups in total. The minimum atomic E-state index is -4.21. The first-order valence-electron chi connectivity index (χ1n) is 5.85. The third kappa shape index (κ3) is 4.29. The number of nitrogens with two attached hydrogens (primary N) is 1. The second-order valence-corrected chi connectivity index (χ2v) is 4.79. The maximum Gasteiger partial charge on any atom is 0.389 e. The highest BCUT2D eigenvalue weighted by molar-refractivity contribution is 4.99. The van der Waals surface area contributed by atoms with Gasteiger partial charge in [-0.15, -0.1) is 0 Å². The van der Waals surface area contributed by atoms with E-state index in [-0.39, 0.29) is 30.1 Å². The average Bonchev–Trinajstić information content (AvgIpc) is 2.61. The lowest BCUT2D eigenvalue weighted by atomic mass is 9.90. The number of hydrogen-bond donors (Lipinski definition) is 1. The van der Waals surface area contributed by atoms with Gasteiger partial charge in [0.15, 0.2) is 5.82 Å². The normalized spacial score (nSPS) is 16.0. The van der Waals surface area contributed by atoms with Crippen LogP contribution < -0.4 is 5.73 Å². The van der Waals surface area contributed by atoms with Crippen molar-refractivity contribution < 1.29 is 17.7 Å². The molecule has 4 nitrogen and oxygen atoms in total. The number of nitrogens with zero attached hydrogens (tertiary/aromatic N) is 2. The molecule has 0 aliphatic rings. The van der Waals surface area contributed by atoms with Gasteiger partial charge in [-0.3, -0.25) is 0 Å². The van der Waals surface area contributed by atoms with Crippen molar-refractivity contribution in [2.75, 3.05) is 0 Å². The molecule has 0 radical (unpaired) electrons. The van der Waals surface area contributed by atoms with Gasteiger partial charge in [0.1, 0.15) is 0 Å². The molecule has 0 aliphatic carbocycles. The van der Waals surface area contributed by atoms with Crippen LogP contribution in [-0.4, -0.2) is 22.4 Å². The second-order valence-electron chi connectivity index (χ2n) is 4.79. The first-order chi connectivity index (χ1) is 8.20. The van der Waals surface area contributed by atoms with Gasteiger partial charge in [0.25, 0.3) is 0 Å². The molecule has 1 aromatic rings. The fourth-order valence-corrected chi connectivity index (χ4v) is 1.88. The van der Waals surface area contributed by atoms with Gasteiger partial charge in [-0.05, 0) is 12.8 Å². The Bertz CT molecular complexity index is 366. The van der Waals surface area contributed by atoms with Gasteiger partial charge in [-0.25, -0.2) is 0 Å². The fraction of sp³-hybridized carbons (Fsp3) is 0.818. The highest BCUT2D eigenvalue weighted by Gasteiger charge is 2.29. The van der Waals surface area contributed by atoms with Crippen LogP contribution in [0.2, 0.25) is 0 Å². The molecule has 18 heavy (non-hydrogen) atoms. The average molecular weight is 265 g/mol. The zero-order valence-electron chi connectivity index (χ0n) is 10.7. The van der Waals surface area contributed by atoms with Crippen molar-refractivity contribution in [2.24, 2.45) is 11.7 Å². The predicted molar refractivity (Wildman–Crippen MR) is 59.9 cm³/mol. The summed E-state index contributed by atoms with van der Waals surface area (Å²) < 4.78 is 41.2. The number of aryl methyl sites for hydroxylation is 1. The lowest BCUT2D eigenvalue weighted by Gasteiger charge is -2.20. The molecule has 1 heterocycles. The number of hydrogen-bond acceptors (Lipinski definition) is 4. The third-order valence-electron chi connectivity index (χ3n) is 2.69. The van der Waals surface area contributed by atoms with Crippen molar-refractivity contribution >= 4 is 0 Å². The van der Waals surface area contributed by atoms with E-state index < -0.39 is 12.6 Å². The zero-order valence-corrected chi connectivity index (χ0v) is 10.7. The Morgan fingerprint density at radius 3 is 2.33 bits per heavy atom. The topological polar surface area (TPSA) is 64.9 Å². The Morgan fingerprint density at radius 1 is 1.28 bits per heavy atom. The van der Waals surface area contributed by atoms with Crippen molar-refractivity contribution in [1.82, 2.24) is 10.1 Å². The molecular formula is C11H18F3N3O. The number of alkyl halides is 3. The van der Waals surface area contributed by atoms with Gasteiger partial charge in [-0.1, -0.05) is 19.0 Å². The molecule has 0 spiro atoms. The van der Waals surface area contributed by atoms with Crippen LogP contribution in [0.5, 0.6) is 0 Å². The molecule has 1 aromatic heterocycles. The van der Waals surface area contributed by atoms with E-state index in [4.69, 9.17) is 10.3 Å². The highest BCUT2D eigenvalue weighted by Crippen LogP contribution is 2.26. The summed E-state index contributed by atoms with van der Waals surface area (Å²) in [6, 6.07) is -0.194. The first-order valence-corrected chi connectivity index (χ1v) is 5.85. The van der Waals surface area contributed by atoms with Crippen LogP contribution in [0.25, 0.3) is 0 Å². The molecule has 1 rings (SSSR count). The Hall–Kier alpha value is -1.11. The van der Waals surface area contributed by atoms with E-state index in [0.717, 1.165) is 0 Å². The summed E-state index contributed by atoms with van der Waals surface area (Å²) in [7, 11) is 0. The molecule has 0 saturated carbocycles. The molecule has 104 valence electrons. The fourth-order valence-electron chi connectivity index (χ4n) is 1.88. The summed E-state index contributed by atoms with van der Waals surface area (Å²) >= 11 is 0. The van der Waals surface area contributed by atoms with E-state index in [0.29, 0.717) is 5.89 Å². The summed E-state index contributed by atoms with van der Waals surface area (Å²) in [6.45, 7) is 5.71. The maximum absolute atomic E-state index is 12.1. The number of halogens is 3. The summed E-state index contributed by atoms with van der Waals surface area (Å²) in [4.78, 5) is 4.00. The highest BCUT2D eigenvalue weighted by atomic mass is 19.4. The van der Waals surface area contributed by atoms with E-state index in [1.807, 2.05) is 20.8 Å². The van der Waals surface area contributed by atoms with Gasteiger partial charge in [0.05, 0.1) is 12.3 Å². The summed E-state index contributed by atoms with van der Waals surface area (Å²) in [5.74, 6) is 0.434. The van der Waals surface area contributed by atoms with Gasteiger partial charge >= 0.3 is 6.18 Å². The molecule has 2 atom stereocenters. The number of rotatable bonds is 5. The lowest BCUT2D eigenvalue weighted by molar-refractivity contribution is -0.134. The van der Waals surface area contributed by atoms with Crippen LogP contribution in [-0.2, 0) is 6.42 Å². The van der Waals surface area contributed by atoms with Crippen molar-refractivity contribution in [3.63, 3.8) is 0 Å². The van der Waals surface area contributed by atoms with Gasteiger partial charge < -0.3 is 10.3 Å². The standard InChI is InChI=1S/C11H18F3N3O/c1-6(2)9(7(3)15)10-16-8(17-18-10)4-5-11(12,13)14/h6-7,9H,4-5,15H2,1-3H3. The second kappa shape index (κ2) is 5.69. The van der Waals surface area contributed by atoms with Crippen molar-refractivity contribution in [1.29, 1.82) is 0 Å². The maximum atomic E-state index is 12.1. The Balaban J connectivity index is 2.73. The zero-order chi connectivity index (χ0) is 13.9. The molecule has 7 heteroatoms. The van der Waals surface area contributed by atoms with Crippen LogP contribution in [0.1, 0.15) is 44.8 Å². The van der Waals surface area contributed by atoms with Crippen LogP contribution in [0.4, 0.5) is 13.2 Å². The minimum absolute atomic E-state index is 0.0774. The first kappa shape index (κ1) is 14.9. The van der Waals surface area contributed by atoms with E-state index in [9.17, 15) is 13.2 Å². The Labute approximate surface area is 104 Å². The summed E-state index contributed by atoms with van der Waals surface area (Å²) in [6.07, 6.45) is -5.42. The SMILES string of the molecule is CC(C)C(c1nc(CCC(F)(F)F)no1)C(C)N. The lowest BCUT2D eigenvalue weighted by Crippen LogP contribution is -2.28. The van der Waals surface area contributed by atoms with Gasteiger partial charge in [0, 0.05) is 12.5 Å². The number of aromatic nitrogens is 2. The van der Waals surface area contributed by atoms with Crippen molar-refractivity contribution in [2.45, 2.75) is 51.7 Å². The molecule has 0 fully saturated rings. The minimum Gasteiger partial charge on any atom is -0.339 e. The molecule has 0 amide bonds. The van der Waals surface area contributed by atoms with Gasteiger partial charge in [-0.2, -0.15) is 18.2 Å². The van der Waals surface area contributed by atoms with E-state index in [2.05, 4.69) is 10.1 Å². The summed E-state index contributed by atoms with van der Waals surface area (Å²) in [5.41, 5.74) is 5.81. The third-order valence-corrected chi connectivity index (χ3v) is 2.69. The summed E-state index contributed by atoms with van der Waals surface area (Å²) in [5, 5.41) is 3.56. The predicted octanol–water partition coefficient (Wildman–Crippen LogP) is 2.65. The molecule has 0 saturated heterocycles. The van der Waals surface area contributed by atoms with Crippen molar-refractivity contribution in [3.05, 3.63) is 11.7 Å². The largest absolute Gasteiger partial charge is 0.389 e. The van der Waals surface area contributed by atoms with E-state index >= 15 is 0 Å². The monoisotopic (exact) mass is 265 g/mol.